The van der Waals surface area contributed by atoms with Crippen molar-refractivity contribution in [2.45, 2.75) is 62.4 Å². The first-order valence-electron chi connectivity index (χ1n) is 9.95. The monoisotopic (exact) mass is 416 g/mol. The van der Waals surface area contributed by atoms with Crippen LogP contribution in [-0.2, 0) is 26.8 Å². The minimum Gasteiger partial charge on any atom is -0.309 e. The summed E-state index contributed by atoms with van der Waals surface area (Å²) in [5, 5.41) is 0. The maximum Gasteiger partial charge on any atom is 0.241 e. The number of anilines is 1. The van der Waals surface area contributed by atoms with Crippen LogP contribution >= 0.6 is 0 Å². The Hall–Kier alpha value is -2.25. The van der Waals surface area contributed by atoms with Gasteiger partial charge in [0.25, 0.3) is 0 Å². The Kier molecular flexibility index (Phi) is 4.99. The van der Waals surface area contributed by atoms with E-state index in [2.05, 4.69) is 4.72 Å². The van der Waals surface area contributed by atoms with Crippen molar-refractivity contribution in [1.29, 1.82) is 0 Å². The van der Waals surface area contributed by atoms with Gasteiger partial charge in [0.15, 0.2) is 0 Å². The molecule has 1 saturated carbocycles. The lowest BCUT2D eigenvalue weighted by atomic mass is 9.89. The molecule has 1 atom stereocenters. The number of carbonyl (C=O) groups is 1. The minimum atomic E-state index is -3.78. The van der Waals surface area contributed by atoms with E-state index in [1.165, 1.54) is 19.1 Å². The summed E-state index contributed by atoms with van der Waals surface area (Å²) in [5.74, 6) is -0.390. The van der Waals surface area contributed by atoms with Gasteiger partial charge in [-0.05, 0) is 67.6 Å². The van der Waals surface area contributed by atoms with Gasteiger partial charge in [-0.3, -0.25) is 4.79 Å². The molecule has 4 rings (SSSR count). The molecule has 7 heteroatoms. The van der Waals surface area contributed by atoms with E-state index < -0.39 is 15.6 Å². The zero-order chi connectivity index (χ0) is 20.8. The third-order valence-corrected chi connectivity index (χ3v) is 7.63. The number of sulfonamides is 1. The lowest BCUT2D eigenvalue weighted by Gasteiger charge is -2.31. The maximum absolute atomic E-state index is 13.4. The molecule has 1 aliphatic carbocycles. The van der Waals surface area contributed by atoms with Crippen molar-refractivity contribution in [2.24, 2.45) is 0 Å². The van der Waals surface area contributed by atoms with Crippen LogP contribution in [-0.4, -0.2) is 20.4 Å². The molecule has 0 saturated heterocycles. The van der Waals surface area contributed by atoms with Gasteiger partial charge < -0.3 is 4.90 Å². The van der Waals surface area contributed by atoms with Crippen molar-refractivity contribution < 1.29 is 17.6 Å². The van der Waals surface area contributed by atoms with Crippen molar-refractivity contribution in [1.82, 2.24) is 4.72 Å². The molecule has 29 heavy (non-hydrogen) atoms. The Morgan fingerprint density at radius 1 is 1.14 bits per heavy atom. The number of rotatable bonds is 4. The average Bonchev–Trinajstić information content (AvgIpc) is 3.25. The number of hydrogen-bond acceptors (Lipinski definition) is 3. The smallest absolute Gasteiger partial charge is 0.241 e. The van der Waals surface area contributed by atoms with Gasteiger partial charge in [0.2, 0.25) is 15.9 Å². The molecule has 2 aromatic carbocycles. The Morgan fingerprint density at radius 2 is 1.79 bits per heavy atom. The van der Waals surface area contributed by atoms with Crippen molar-refractivity contribution in [2.75, 3.05) is 4.90 Å². The predicted molar refractivity (Wildman–Crippen MR) is 110 cm³/mol. The molecule has 2 aliphatic rings. The fourth-order valence-electron chi connectivity index (χ4n) is 4.77. The molecule has 2 aromatic rings. The summed E-state index contributed by atoms with van der Waals surface area (Å²) in [5.41, 5.74) is 1.71. The van der Waals surface area contributed by atoms with Gasteiger partial charge in [-0.25, -0.2) is 17.5 Å². The largest absolute Gasteiger partial charge is 0.309 e. The number of nitrogens with zero attached hydrogens (tertiary/aromatic N) is 1. The molecule has 0 aromatic heterocycles. The molecule has 1 aliphatic heterocycles. The van der Waals surface area contributed by atoms with Crippen LogP contribution in [0.1, 0.15) is 50.7 Å². The number of carbonyl (C=O) groups excluding carboxylic acids is 1. The Bertz CT molecular complexity index is 1040. The van der Waals surface area contributed by atoms with Gasteiger partial charge >= 0.3 is 0 Å². The highest BCUT2D eigenvalue weighted by molar-refractivity contribution is 7.89. The summed E-state index contributed by atoms with van der Waals surface area (Å²) in [4.78, 5) is 13.8. The van der Waals surface area contributed by atoms with Crippen molar-refractivity contribution >= 4 is 21.6 Å². The summed E-state index contributed by atoms with van der Waals surface area (Å²) in [7, 11) is -3.78. The van der Waals surface area contributed by atoms with Crippen LogP contribution in [0.5, 0.6) is 0 Å². The van der Waals surface area contributed by atoms with Crippen LogP contribution in [0.4, 0.5) is 10.1 Å². The Balaban J connectivity index is 1.68. The molecule has 1 N–H and O–H groups in total. The number of halogens is 1. The Labute approximate surface area is 171 Å². The third-order valence-electron chi connectivity index (χ3n) is 6.10. The summed E-state index contributed by atoms with van der Waals surface area (Å²) < 4.78 is 42.8. The molecular formula is C22H25FN2O3S. The first-order valence-corrected chi connectivity index (χ1v) is 11.4. The fourth-order valence-corrected chi connectivity index (χ4v) is 6.27. The zero-order valence-electron chi connectivity index (χ0n) is 16.6. The third kappa shape index (κ3) is 3.57. The van der Waals surface area contributed by atoms with E-state index in [1.807, 2.05) is 6.92 Å². The van der Waals surface area contributed by atoms with Crippen LogP contribution in [0.3, 0.4) is 0 Å². The normalized spacial score (nSPS) is 20.7. The van der Waals surface area contributed by atoms with Gasteiger partial charge in [-0.2, -0.15) is 0 Å². The van der Waals surface area contributed by atoms with Gasteiger partial charge in [0.1, 0.15) is 5.82 Å². The topological polar surface area (TPSA) is 66.5 Å². The van der Waals surface area contributed by atoms with E-state index >= 15 is 0 Å². The van der Waals surface area contributed by atoms with Crippen molar-refractivity contribution in [3.05, 3.63) is 59.4 Å². The number of fused-ring (bicyclic) bond motifs is 1. The number of hydrogen-bond donors (Lipinski definition) is 1. The van der Waals surface area contributed by atoms with E-state index in [9.17, 15) is 17.6 Å². The van der Waals surface area contributed by atoms with Gasteiger partial charge in [-0.15, -0.1) is 0 Å². The minimum absolute atomic E-state index is 0.00815. The highest BCUT2D eigenvalue weighted by atomic mass is 32.2. The van der Waals surface area contributed by atoms with E-state index in [1.54, 1.807) is 35.2 Å². The van der Waals surface area contributed by atoms with Crippen LogP contribution in [0.15, 0.2) is 47.4 Å². The van der Waals surface area contributed by atoms with Crippen molar-refractivity contribution in [3.63, 3.8) is 0 Å². The number of nitrogens with one attached hydrogen (secondary N) is 1. The second-order valence-corrected chi connectivity index (χ2v) is 9.82. The summed E-state index contributed by atoms with van der Waals surface area (Å²) >= 11 is 0. The molecule has 0 spiro atoms. The molecular weight excluding hydrogens is 391 g/mol. The number of amides is 1. The van der Waals surface area contributed by atoms with Gasteiger partial charge in [0.05, 0.1) is 10.4 Å². The maximum atomic E-state index is 13.4. The Morgan fingerprint density at radius 3 is 2.41 bits per heavy atom. The standard InChI is InChI=1S/C22H25FN2O3S/c1-15-13-17-14-20(9-10-21(17)25(15)16(2)26)29(27,28)24-22(11-3-4-12-22)18-5-7-19(23)8-6-18/h5-10,14-15,24H,3-4,11-13H2,1-2H3. The molecule has 1 amide bonds. The molecule has 1 unspecified atom stereocenters. The lowest BCUT2D eigenvalue weighted by Crippen LogP contribution is -2.43. The van der Waals surface area contributed by atoms with Crippen LogP contribution < -0.4 is 9.62 Å². The SMILES string of the molecule is CC(=O)N1c2ccc(S(=O)(=O)NC3(c4ccc(F)cc4)CCCC3)cc2CC1C. The first kappa shape index (κ1) is 20.0. The molecule has 1 heterocycles. The second kappa shape index (κ2) is 7.22. The predicted octanol–water partition coefficient (Wildman–Crippen LogP) is 3.87. The molecule has 1 fully saturated rings. The van der Waals surface area contributed by atoms with Crippen molar-refractivity contribution in [3.8, 4) is 0 Å². The van der Waals surface area contributed by atoms with E-state index in [0.29, 0.717) is 19.3 Å². The van der Waals surface area contributed by atoms with Crippen LogP contribution in [0.25, 0.3) is 0 Å². The summed E-state index contributed by atoms with van der Waals surface area (Å²) in [6.07, 6.45) is 3.81. The van der Waals surface area contributed by atoms with Gasteiger partial charge in [0, 0.05) is 18.7 Å². The fraction of sp³-hybridized carbons (Fsp3) is 0.409. The van der Waals surface area contributed by atoms with Gasteiger partial charge in [-0.1, -0.05) is 25.0 Å². The highest BCUT2D eigenvalue weighted by Gasteiger charge is 2.40. The van der Waals surface area contributed by atoms with E-state index in [-0.39, 0.29) is 22.7 Å². The first-order chi connectivity index (χ1) is 13.7. The molecule has 5 nitrogen and oxygen atoms in total. The quantitative estimate of drug-likeness (QED) is 0.823. The number of benzene rings is 2. The van der Waals surface area contributed by atoms with Crippen LogP contribution in [0.2, 0.25) is 0 Å². The van der Waals surface area contributed by atoms with Crippen LogP contribution in [0, 0.1) is 5.82 Å². The molecule has 154 valence electrons. The zero-order valence-corrected chi connectivity index (χ0v) is 17.4. The second-order valence-electron chi connectivity index (χ2n) is 8.13. The molecule has 0 radical (unpaired) electrons. The van der Waals surface area contributed by atoms with E-state index in [4.69, 9.17) is 0 Å². The summed E-state index contributed by atoms with van der Waals surface area (Å²) in [6, 6.07) is 11.0. The average molecular weight is 417 g/mol. The lowest BCUT2D eigenvalue weighted by molar-refractivity contribution is -0.116. The molecule has 0 bridgehead atoms. The van der Waals surface area contributed by atoms with E-state index in [0.717, 1.165) is 29.7 Å². The summed E-state index contributed by atoms with van der Waals surface area (Å²) in [6.45, 7) is 3.47. The highest BCUT2D eigenvalue weighted by Crippen LogP contribution is 2.41.